The van der Waals surface area contributed by atoms with E-state index < -0.39 is 9.84 Å². The summed E-state index contributed by atoms with van der Waals surface area (Å²) in [6.07, 6.45) is 0.427. The van der Waals surface area contributed by atoms with Crippen molar-refractivity contribution in [1.29, 1.82) is 0 Å². The number of nitrogens with one attached hydrogen (secondary N) is 1. The average Bonchev–Trinajstić information content (AvgIpc) is 2.34. The molecule has 1 aromatic carbocycles. The number of phenolic OH excluding ortho intramolecular Hbond substituents is 1. The van der Waals surface area contributed by atoms with Crippen LogP contribution in [-0.2, 0) is 20.4 Å². The fourth-order valence-corrected chi connectivity index (χ4v) is 2.81. The third-order valence-corrected chi connectivity index (χ3v) is 3.51. The van der Waals surface area contributed by atoms with Gasteiger partial charge in [-0.25, -0.2) is 8.42 Å². The molecule has 6 heteroatoms. The largest absolute Gasteiger partial charge is 0.508 e. The monoisotopic (exact) mass is 239 g/mol. The predicted molar refractivity (Wildman–Crippen MR) is 58.5 cm³/mol. The smallest absolute Gasteiger partial charge is 0.178 e. The van der Waals surface area contributed by atoms with Gasteiger partial charge in [-0.2, -0.15) is 0 Å². The first-order valence-corrected chi connectivity index (χ1v) is 6.21. The third kappa shape index (κ3) is 1.92. The fourth-order valence-electron chi connectivity index (χ4n) is 1.52. The maximum Gasteiger partial charge on any atom is 0.178 e. The van der Waals surface area contributed by atoms with Crippen molar-refractivity contribution in [3.05, 3.63) is 34.9 Å². The Labute approximate surface area is 92.3 Å². The first-order chi connectivity index (χ1) is 7.52. The molecule has 1 aliphatic rings. The molecule has 2 N–H and O–H groups in total. The highest BCUT2D eigenvalue weighted by Gasteiger charge is 2.20. The molecule has 0 aromatic heterocycles. The molecule has 16 heavy (non-hydrogen) atoms. The van der Waals surface area contributed by atoms with E-state index in [1.807, 2.05) is 0 Å². The van der Waals surface area contributed by atoms with Crippen molar-refractivity contribution in [2.45, 2.75) is 5.75 Å². The topological polar surface area (TPSA) is 83.5 Å². The number of aldehydes is 1. The van der Waals surface area contributed by atoms with Crippen molar-refractivity contribution in [2.24, 2.45) is 0 Å². The SMILES string of the molecule is O=CC1=CS(=O)(=O)Cc2c(O)cccc2N1. The molecule has 0 atom stereocenters. The summed E-state index contributed by atoms with van der Waals surface area (Å²) < 4.78 is 23.1. The van der Waals surface area contributed by atoms with Crippen molar-refractivity contribution in [3.8, 4) is 5.75 Å². The van der Waals surface area contributed by atoms with E-state index in [0.29, 0.717) is 12.0 Å². The second-order valence-corrected chi connectivity index (χ2v) is 5.28. The minimum Gasteiger partial charge on any atom is -0.508 e. The quantitative estimate of drug-likeness (QED) is 0.707. The number of carbonyl (C=O) groups is 1. The van der Waals surface area contributed by atoms with Crippen molar-refractivity contribution in [1.82, 2.24) is 0 Å². The van der Waals surface area contributed by atoms with E-state index in [1.165, 1.54) is 6.07 Å². The van der Waals surface area contributed by atoms with Crippen LogP contribution in [0.4, 0.5) is 5.69 Å². The second kappa shape index (κ2) is 3.64. The minimum absolute atomic E-state index is 0.0376. The molecule has 0 spiro atoms. The Kier molecular flexibility index (Phi) is 2.43. The minimum atomic E-state index is -3.53. The number of aromatic hydroxyl groups is 1. The fraction of sp³-hybridized carbons (Fsp3) is 0.100. The summed E-state index contributed by atoms with van der Waals surface area (Å²) in [7, 11) is -3.53. The first kappa shape index (κ1) is 10.7. The molecule has 0 saturated heterocycles. The number of allylic oxidation sites excluding steroid dienone is 1. The first-order valence-electron chi connectivity index (χ1n) is 4.49. The standard InChI is InChI=1S/C10H9NO4S/c12-4-7-5-16(14,15)6-8-9(11-7)2-1-3-10(8)13/h1-5,11,13H,6H2. The van der Waals surface area contributed by atoms with Gasteiger partial charge in [-0.15, -0.1) is 0 Å². The summed E-state index contributed by atoms with van der Waals surface area (Å²) in [5.41, 5.74) is 0.666. The Bertz CT molecular complexity index is 574. The van der Waals surface area contributed by atoms with Crippen LogP contribution < -0.4 is 5.32 Å². The van der Waals surface area contributed by atoms with E-state index in [2.05, 4.69) is 5.32 Å². The van der Waals surface area contributed by atoms with Gasteiger partial charge in [0.1, 0.15) is 5.75 Å². The lowest BCUT2D eigenvalue weighted by molar-refractivity contribution is -0.104. The van der Waals surface area contributed by atoms with Crippen molar-refractivity contribution in [3.63, 3.8) is 0 Å². The van der Waals surface area contributed by atoms with Crippen LogP contribution in [0.2, 0.25) is 0 Å². The number of sulfone groups is 1. The Hall–Kier alpha value is -1.82. The summed E-state index contributed by atoms with van der Waals surface area (Å²) in [5.74, 6) is -0.423. The summed E-state index contributed by atoms with van der Waals surface area (Å²) >= 11 is 0. The van der Waals surface area contributed by atoms with Crippen LogP contribution in [0.1, 0.15) is 5.56 Å². The maximum atomic E-state index is 11.6. The molecular formula is C10H9NO4S. The highest BCUT2D eigenvalue weighted by molar-refractivity contribution is 7.93. The van der Waals surface area contributed by atoms with E-state index in [-0.39, 0.29) is 22.8 Å². The summed E-state index contributed by atoms with van der Waals surface area (Å²) in [6, 6.07) is 4.58. The van der Waals surface area contributed by atoms with Crippen molar-refractivity contribution >= 4 is 21.8 Å². The van der Waals surface area contributed by atoms with Crippen LogP contribution in [0, 0.1) is 0 Å². The molecule has 0 unspecified atom stereocenters. The lowest BCUT2D eigenvalue weighted by atomic mass is 10.2. The lowest BCUT2D eigenvalue weighted by Crippen LogP contribution is -2.00. The van der Waals surface area contributed by atoms with Gasteiger partial charge in [0.15, 0.2) is 16.1 Å². The number of benzene rings is 1. The summed E-state index contributed by atoms with van der Waals surface area (Å²) in [5, 5.41) is 13.1. The predicted octanol–water partition coefficient (Wildman–Crippen LogP) is 0.773. The van der Waals surface area contributed by atoms with E-state index in [4.69, 9.17) is 0 Å². The number of fused-ring (bicyclic) bond motifs is 1. The van der Waals surface area contributed by atoms with Crippen molar-refractivity contribution in [2.75, 3.05) is 5.32 Å². The van der Waals surface area contributed by atoms with Crippen LogP contribution in [0.15, 0.2) is 29.3 Å². The van der Waals surface area contributed by atoms with Crippen LogP contribution in [0.5, 0.6) is 5.75 Å². The molecule has 0 saturated carbocycles. The molecule has 0 bridgehead atoms. The van der Waals surface area contributed by atoms with Gasteiger partial charge >= 0.3 is 0 Å². The Morgan fingerprint density at radius 2 is 2.12 bits per heavy atom. The van der Waals surface area contributed by atoms with E-state index in [9.17, 15) is 18.3 Å². The Balaban J connectivity index is 2.63. The number of hydrogen-bond donors (Lipinski definition) is 2. The van der Waals surface area contributed by atoms with Gasteiger partial charge in [0.2, 0.25) is 0 Å². The lowest BCUT2D eigenvalue weighted by Gasteiger charge is -2.08. The molecule has 0 aliphatic carbocycles. The van der Waals surface area contributed by atoms with Gasteiger partial charge in [-0.3, -0.25) is 4.79 Å². The molecule has 1 heterocycles. The van der Waals surface area contributed by atoms with Crippen LogP contribution in [0.3, 0.4) is 0 Å². The van der Waals surface area contributed by atoms with Gasteiger partial charge in [-0.1, -0.05) is 6.07 Å². The third-order valence-electron chi connectivity index (χ3n) is 2.21. The second-order valence-electron chi connectivity index (χ2n) is 3.43. The van der Waals surface area contributed by atoms with Gasteiger partial charge in [0.25, 0.3) is 0 Å². The number of carbonyl (C=O) groups excluding carboxylic acids is 1. The molecule has 5 nitrogen and oxygen atoms in total. The molecular weight excluding hydrogens is 230 g/mol. The zero-order chi connectivity index (χ0) is 11.8. The molecule has 1 aliphatic heterocycles. The maximum absolute atomic E-state index is 11.6. The van der Waals surface area contributed by atoms with Crippen molar-refractivity contribution < 1.29 is 18.3 Å². The highest BCUT2D eigenvalue weighted by atomic mass is 32.2. The molecule has 0 fully saturated rings. The number of phenols is 1. The number of anilines is 1. The molecule has 1 aromatic rings. The van der Waals surface area contributed by atoms with Crippen LogP contribution >= 0.6 is 0 Å². The van der Waals surface area contributed by atoms with E-state index in [1.54, 1.807) is 12.1 Å². The van der Waals surface area contributed by atoms with Crippen LogP contribution in [0.25, 0.3) is 0 Å². The van der Waals surface area contributed by atoms with Gasteiger partial charge < -0.3 is 10.4 Å². The molecule has 0 radical (unpaired) electrons. The summed E-state index contributed by atoms with van der Waals surface area (Å²) in [4.78, 5) is 10.6. The summed E-state index contributed by atoms with van der Waals surface area (Å²) in [6.45, 7) is 0. The van der Waals surface area contributed by atoms with E-state index in [0.717, 1.165) is 5.41 Å². The zero-order valence-electron chi connectivity index (χ0n) is 8.17. The van der Waals surface area contributed by atoms with E-state index >= 15 is 0 Å². The Morgan fingerprint density at radius 1 is 1.38 bits per heavy atom. The number of hydrogen-bond acceptors (Lipinski definition) is 5. The molecule has 0 amide bonds. The van der Waals surface area contributed by atoms with Gasteiger partial charge in [-0.05, 0) is 12.1 Å². The zero-order valence-corrected chi connectivity index (χ0v) is 8.99. The average molecular weight is 239 g/mol. The molecule has 84 valence electrons. The van der Waals surface area contributed by atoms with Gasteiger partial charge in [0.05, 0.1) is 16.9 Å². The normalized spacial score (nSPS) is 17.6. The Morgan fingerprint density at radius 3 is 2.81 bits per heavy atom. The number of rotatable bonds is 1. The highest BCUT2D eigenvalue weighted by Crippen LogP contribution is 2.30. The molecule has 2 rings (SSSR count). The van der Waals surface area contributed by atoms with Crippen LogP contribution in [-0.4, -0.2) is 19.8 Å². The van der Waals surface area contributed by atoms with Gasteiger partial charge in [0, 0.05) is 11.3 Å².